The molecule has 3 rings (SSSR count). The van der Waals surface area contributed by atoms with Gasteiger partial charge in [0, 0.05) is 18.3 Å². The van der Waals surface area contributed by atoms with Crippen molar-refractivity contribution in [2.24, 2.45) is 5.92 Å². The van der Waals surface area contributed by atoms with E-state index >= 15 is 0 Å². The topological polar surface area (TPSA) is 17.8 Å². The Labute approximate surface area is 111 Å². The SMILES string of the molecule is CC(C1CC1)n1c(CCCl)nc2ccc(F)cc21. The summed E-state index contributed by atoms with van der Waals surface area (Å²) in [6, 6.07) is 5.18. The Bertz CT molecular complexity index is 574. The molecule has 2 nitrogen and oxygen atoms in total. The molecule has 1 aliphatic rings. The van der Waals surface area contributed by atoms with Gasteiger partial charge < -0.3 is 4.57 Å². The quantitative estimate of drug-likeness (QED) is 0.767. The van der Waals surface area contributed by atoms with Crippen LogP contribution in [-0.4, -0.2) is 15.4 Å². The van der Waals surface area contributed by atoms with Gasteiger partial charge in [-0.15, -0.1) is 11.6 Å². The Hall–Kier alpha value is -1.09. The highest BCUT2D eigenvalue weighted by Crippen LogP contribution is 2.41. The molecule has 1 saturated carbocycles. The van der Waals surface area contributed by atoms with Crippen molar-refractivity contribution in [1.29, 1.82) is 0 Å². The third-order valence-electron chi connectivity index (χ3n) is 3.75. The molecule has 96 valence electrons. The number of imidazole rings is 1. The predicted octanol–water partition coefficient (Wildman–Crippen LogP) is 3.93. The largest absolute Gasteiger partial charge is 0.325 e. The van der Waals surface area contributed by atoms with E-state index in [2.05, 4.69) is 16.5 Å². The van der Waals surface area contributed by atoms with E-state index in [1.807, 2.05) is 0 Å². The van der Waals surface area contributed by atoms with Crippen LogP contribution in [0.25, 0.3) is 11.0 Å². The van der Waals surface area contributed by atoms with E-state index in [1.54, 1.807) is 12.1 Å². The molecule has 1 aromatic heterocycles. The van der Waals surface area contributed by atoms with Crippen molar-refractivity contribution in [3.8, 4) is 0 Å². The zero-order valence-electron chi connectivity index (χ0n) is 10.4. The van der Waals surface area contributed by atoms with Gasteiger partial charge in [-0.25, -0.2) is 9.37 Å². The number of rotatable bonds is 4. The maximum atomic E-state index is 13.4. The maximum Gasteiger partial charge on any atom is 0.125 e. The molecule has 0 saturated heterocycles. The Morgan fingerprint density at radius 2 is 2.28 bits per heavy atom. The highest BCUT2D eigenvalue weighted by Gasteiger charge is 2.31. The van der Waals surface area contributed by atoms with Crippen LogP contribution in [0.3, 0.4) is 0 Å². The normalized spacial score (nSPS) is 17.3. The first-order chi connectivity index (χ1) is 8.70. The van der Waals surface area contributed by atoms with Crippen LogP contribution in [0, 0.1) is 11.7 Å². The number of aromatic nitrogens is 2. The molecule has 0 bridgehead atoms. The number of nitrogens with zero attached hydrogens (tertiary/aromatic N) is 2. The second-order valence-electron chi connectivity index (χ2n) is 5.05. The van der Waals surface area contributed by atoms with Crippen molar-refractivity contribution < 1.29 is 4.39 Å². The second kappa shape index (κ2) is 4.54. The van der Waals surface area contributed by atoms with Crippen molar-refractivity contribution >= 4 is 22.6 Å². The molecule has 1 aliphatic carbocycles. The van der Waals surface area contributed by atoms with Crippen molar-refractivity contribution in [2.75, 3.05) is 5.88 Å². The van der Waals surface area contributed by atoms with E-state index in [0.29, 0.717) is 17.8 Å². The average molecular weight is 267 g/mol. The molecule has 4 heteroatoms. The van der Waals surface area contributed by atoms with Crippen LogP contribution >= 0.6 is 11.6 Å². The van der Waals surface area contributed by atoms with Crippen LogP contribution in [0.4, 0.5) is 4.39 Å². The molecule has 0 spiro atoms. The average Bonchev–Trinajstić information content (AvgIpc) is 3.12. The zero-order valence-corrected chi connectivity index (χ0v) is 11.1. The molecule has 1 heterocycles. The molecule has 0 amide bonds. The molecular formula is C14H16ClFN2. The number of alkyl halides is 1. The molecule has 2 aromatic rings. The van der Waals surface area contributed by atoms with Crippen LogP contribution in [0.1, 0.15) is 31.6 Å². The number of hydrogen-bond donors (Lipinski definition) is 0. The monoisotopic (exact) mass is 266 g/mol. The Kier molecular flexibility index (Phi) is 3.02. The first kappa shape index (κ1) is 12.0. The summed E-state index contributed by atoms with van der Waals surface area (Å²) in [6.07, 6.45) is 3.25. The predicted molar refractivity (Wildman–Crippen MR) is 71.6 cm³/mol. The fourth-order valence-corrected chi connectivity index (χ4v) is 2.79. The minimum Gasteiger partial charge on any atom is -0.325 e. The van der Waals surface area contributed by atoms with Gasteiger partial charge in [-0.1, -0.05) is 0 Å². The Morgan fingerprint density at radius 1 is 1.50 bits per heavy atom. The summed E-state index contributed by atoms with van der Waals surface area (Å²) in [5.74, 6) is 2.03. The van der Waals surface area contributed by atoms with Gasteiger partial charge >= 0.3 is 0 Å². The number of fused-ring (bicyclic) bond motifs is 1. The molecule has 18 heavy (non-hydrogen) atoms. The summed E-state index contributed by atoms with van der Waals surface area (Å²) in [4.78, 5) is 4.59. The van der Waals surface area contributed by atoms with Gasteiger partial charge in [0.1, 0.15) is 11.6 Å². The van der Waals surface area contributed by atoms with Gasteiger partial charge in [-0.2, -0.15) is 0 Å². The van der Waals surface area contributed by atoms with Crippen LogP contribution in [0.5, 0.6) is 0 Å². The summed E-state index contributed by atoms with van der Waals surface area (Å²) < 4.78 is 15.6. The zero-order chi connectivity index (χ0) is 12.7. The summed E-state index contributed by atoms with van der Waals surface area (Å²) in [5.41, 5.74) is 1.76. The third kappa shape index (κ3) is 2.01. The van der Waals surface area contributed by atoms with Crippen LogP contribution < -0.4 is 0 Å². The summed E-state index contributed by atoms with van der Waals surface area (Å²) in [6.45, 7) is 2.20. The lowest BCUT2D eigenvalue weighted by Crippen LogP contribution is -2.11. The number of halogens is 2. The highest BCUT2D eigenvalue weighted by molar-refractivity contribution is 6.17. The van der Waals surface area contributed by atoms with E-state index in [-0.39, 0.29) is 5.82 Å². The summed E-state index contributed by atoms with van der Waals surface area (Å²) in [5, 5.41) is 0. The number of hydrogen-bond acceptors (Lipinski definition) is 1. The summed E-state index contributed by atoms with van der Waals surface area (Å²) >= 11 is 5.84. The van der Waals surface area contributed by atoms with E-state index in [0.717, 1.165) is 23.3 Å². The van der Waals surface area contributed by atoms with Gasteiger partial charge in [0.2, 0.25) is 0 Å². The number of benzene rings is 1. The fourth-order valence-electron chi connectivity index (χ4n) is 2.62. The van der Waals surface area contributed by atoms with Gasteiger partial charge in [0.05, 0.1) is 11.0 Å². The van der Waals surface area contributed by atoms with Crippen molar-refractivity contribution in [3.63, 3.8) is 0 Å². The lowest BCUT2D eigenvalue weighted by atomic mass is 10.2. The highest BCUT2D eigenvalue weighted by atomic mass is 35.5. The van der Waals surface area contributed by atoms with Crippen LogP contribution in [-0.2, 0) is 6.42 Å². The standard InChI is InChI=1S/C14H16ClFN2/c1-9(10-2-3-10)18-13-8-11(16)4-5-12(13)17-14(18)6-7-15/h4-5,8-10H,2-3,6-7H2,1H3. The first-order valence-electron chi connectivity index (χ1n) is 6.43. The molecular weight excluding hydrogens is 251 g/mol. The number of aryl methyl sites for hydroxylation is 1. The van der Waals surface area contributed by atoms with E-state index in [1.165, 1.54) is 18.9 Å². The Morgan fingerprint density at radius 3 is 2.94 bits per heavy atom. The molecule has 0 aliphatic heterocycles. The molecule has 0 radical (unpaired) electrons. The van der Waals surface area contributed by atoms with Crippen molar-refractivity contribution in [3.05, 3.63) is 29.8 Å². The first-order valence-corrected chi connectivity index (χ1v) is 6.96. The van der Waals surface area contributed by atoms with Gasteiger partial charge in [-0.05, 0) is 43.9 Å². The van der Waals surface area contributed by atoms with Crippen LogP contribution in [0.15, 0.2) is 18.2 Å². The minimum absolute atomic E-state index is 0.205. The minimum atomic E-state index is -0.205. The molecule has 1 fully saturated rings. The fraction of sp³-hybridized carbons (Fsp3) is 0.500. The third-order valence-corrected chi connectivity index (χ3v) is 3.94. The smallest absolute Gasteiger partial charge is 0.125 e. The molecule has 0 N–H and O–H groups in total. The maximum absolute atomic E-state index is 13.4. The van der Waals surface area contributed by atoms with Crippen LogP contribution in [0.2, 0.25) is 0 Å². The molecule has 1 atom stereocenters. The van der Waals surface area contributed by atoms with E-state index in [4.69, 9.17) is 11.6 Å². The molecule has 1 aromatic carbocycles. The molecule has 1 unspecified atom stereocenters. The van der Waals surface area contributed by atoms with Crippen molar-refractivity contribution in [2.45, 2.75) is 32.2 Å². The van der Waals surface area contributed by atoms with E-state index in [9.17, 15) is 4.39 Å². The van der Waals surface area contributed by atoms with E-state index < -0.39 is 0 Å². The van der Waals surface area contributed by atoms with Gasteiger partial charge in [0.25, 0.3) is 0 Å². The lowest BCUT2D eigenvalue weighted by Gasteiger charge is -2.16. The van der Waals surface area contributed by atoms with Crippen molar-refractivity contribution in [1.82, 2.24) is 9.55 Å². The van der Waals surface area contributed by atoms with Gasteiger partial charge in [0.15, 0.2) is 0 Å². The second-order valence-corrected chi connectivity index (χ2v) is 5.43. The summed E-state index contributed by atoms with van der Waals surface area (Å²) in [7, 11) is 0. The lowest BCUT2D eigenvalue weighted by molar-refractivity contribution is 0.481. The Balaban J connectivity index is 2.15. The van der Waals surface area contributed by atoms with Gasteiger partial charge in [-0.3, -0.25) is 0 Å².